The number of alkyl halides is 3. The quantitative estimate of drug-likeness (QED) is 0.820. The zero-order valence-electron chi connectivity index (χ0n) is 10.9. The SMILES string of the molecule is CC1(n2c(C(F)(F)F)nc3cc(N)ccc32)CCOC1. The Bertz CT molecular complexity index is 657. The van der Waals surface area contributed by atoms with Gasteiger partial charge in [-0.1, -0.05) is 0 Å². The molecule has 1 aromatic carbocycles. The van der Waals surface area contributed by atoms with Gasteiger partial charge in [0.15, 0.2) is 0 Å². The van der Waals surface area contributed by atoms with E-state index in [0.29, 0.717) is 24.2 Å². The zero-order chi connectivity index (χ0) is 14.5. The molecule has 7 heteroatoms. The number of hydrogen-bond acceptors (Lipinski definition) is 3. The van der Waals surface area contributed by atoms with Crippen molar-refractivity contribution in [1.82, 2.24) is 9.55 Å². The highest BCUT2D eigenvalue weighted by atomic mass is 19.4. The zero-order valence-corrected chi connectivity index (χ0v) is 10.9. The van der Waals surface area contributed by atoms with Gasteiger partial charge in [-0.15, -0.1) is 0 Å². The molecule has 0 bridgehead atoms. The van der Waals surface area contributed by atoms with Crippen LogP contribution in [0.2, 0.25) is 0 Å². The number of nitrogens with two attached hydrogens (primary N) is 1. The Hall–Kier alpha value is -1.76. The first-order valence-corrected chi connectivity index (χ1v) is 6.25. The van der Waals surface area contributed by atoms with Crippen LogP contribution >= 0.6 is 0 Å². The van der Waals surface area contributed by atoms with E-state index in [1.54, 1.807) is 19.1 Å². The van der Waals surface area contributed by atoms with E-state index in [9.17, 15) is 13.2 Å². The molecule has 1 saturated heterocycles. The Kier molecular flexibility index (Phi) is 2.72. The van der Waals surface area contributed by atoms with Crippen LogP contribution in [-0.4, -0.2) is 22.8 Å². The van der Waals surface area contributed by atoms with Crippen molar-refractivity contribution in [3.05, 3.63) is 24.0 Å². The third kappa shape index (κ3) is 1.93. The summed E-state index contributed by atoms with van der Waals surface area (Å²) in [6, 6.07) is 4.62. The standard InChI is InChI=1S/C13H14F3N3O/c1-12(4-5-20-7-12)19-10-3-2-8(17)6-9(10)18-11(19)13(14,15)16/h2-3,6H,4-5,7,17H2,1H3. The van der Waals surface area contributed by atoms with Gasteiger partial charge in [0.25, 0.3) is 0 Å². The average Bonchev–Trinajstić information content (AvgIpc) is 2.92. The molecule has 4 nitrogen and oxygen atoms in total. The molecular formula is C13H14F3N3O. The van der Waals surface area contributed by atoms with E-state index in [0.717, 1.165) is 0 Å². The van der Waals surface area contributed by atoms with Gasteiger partial charge in [-0.05, 0) is 31.5 Å². The van der Waals surface area contributed by atoms with E-state index < -0.39 is 17.5 Å². The lowest BCUT2D eigenvalue weighted by atomic mass is 10.0. The summed E-state index contributed by atoms with van der Waals surface area (Å²) in [6.07, 6.45) is -3.99. The normalized spacial score (nSPS) is 23.6. The maximum Gasteiger partial charge on any atom is 0.449 e. The average molecular weight is 285 g/mol. The number of benzene rings is 1. The third-order valence-electron chi connectivity index (χ3n) is 3.67. The van der Waals surface area contributed by atoms with Crippen LogP contribution in [0, 0.1) is 0 Å². The highest BCUT2D eigenvalue weighted by Crippen LogP contribution is 2.39. The van der Waals surface area contributed by atoms with E-state index in [1.807, 2.05) is 0 Å². The van der Waals surface area contributed by atoms with Crippen molar-refractivity contribution < 1.29 is 17.9 Å². The van der Waals surface area contributed by atoms with Crippen molar-refractivity contribution in [2.75, 3.05) is 18.9 Å². The number of hydrogen-bond donors (Lipinski definition) is 1. The smallest absolute Gasteiger partial charge is 0.399 e. The minimum Gasteiger partial charge on any atom is -0.399 e. The summed E-state index contributed by atoms with van der Waals surface area (Å²) in [6.45, 7) is 2.45. The topological polar surface area (TPSA) is 53.1 Å². The Labute approximate surface area is 113 Å². The molecule has 0 radical (unpaired) electrons. The first-order chi connectivity index (χ1) is 9.31. The number of nitrogen functional groups attached to an aromatic ring is 1. The van der Waals surface area contributed by atoms with Crippen LogP contribution in [0.4, 0.5) is 18.9 Å². The van der Waals surface area contributed by atoms with Gasteiger partial charge in [0.1, 0.15) is 0 Å². The fourth-order valence-electron chi connectivity index (χ4n) is 2.67. The summed E-state index contributed by atoms with van der Waals surface area (Å²) in [5, 5.41) is 0. The molecule has 1 aromatic heterocycles. The second kappa shape index (κ2) is 4.12. The van der Waals surface area contributed by atoms with Gasteiger partial charge >= 0.3 is 6.18 Å². The molecule has 2 N–H and O–H groups in total. The summed E-state index contributed by atoms with van der Waals surface area (Å²) in [5.41, 5.74) is 5.96. The van der Waals surface area contributed by atoms with Gasteiger partial charge in [-0.2, -0.15) is 13.2 Å². The predicted molar refractivity (Wildman–Crippen MR) is 68.2 cm³/mol. The number of rotatable bonds is 1. The molecule has 2 heterocycles. The Morgan fingerprint density at radius 2 is 2.15 bits per heavy atom. The molecule has 0 spiro atoms. The van der Waals surface area contributed by atoms with Crippen molar-refractivity contribution >= 4 is 16.7 Å². The number of anilines is 1. The van der Waals surface area contributed by atoms with Crippen LogP contribution in [0.1, 0.15) is 19.2 Å². The number of halogens is 3. The van der Waals surface area contributed by atoms with Crippen LogP contribution in [0.15, 0.2) is 18.2 Å². The van der Waals surface area contributed by atoms with Crippen LogP contribution < -0.4 is 5.73 Å². The number of ether oxygens (including phenoxy) is 1. The minimum atomic E-state index is -4.51. The highest BCUT2D eigenvalue weighted by molar-refractivity contribution is 5.80. The largest absolute Gasteiger partial charge is 0.449 e. The molecule has 0 amide bonds. The first kappa shape index (κ1) is 13.2. The highest BCUT2D eigenvalue weighted by Gasteiger charge is 2.44. The second-order valence-corrected chi connectivity index (χ2v) is 5.32. The Balaban J connectivity index is 2.31. The van der Waals surface area contributed by atoms with Crippen molar-refractivity contribution in [3.8, 4) is 0 Å². The van der Waals surface area contributed by atoms with Gasteiger partial charge < -0.3 is 15.0 Å². The fraction of sp³-hybridized carbons (Fsp3) is 0.462. The maximum absolute atomic E-state index is 13.3. The van der Waals surface area contributed by atoms with E-state index in [-0.39, 0.29) is 12.1 Å². The lowest BCUT2D eigenvalue weighted by Gasteiger charge is -2.27. The molecule has 108 valence electrons. The molecule has 0 saturated carbocycles. The number of fused-ring (bicyclic) bond motifs is 1. The predicted octanol–water partition coefficient (Wildman–Crippen LogP) is 2.77. The van der Waals surface area contributed by atoms with Crippen LogP contribution in [-0.2, 0) is 16.5 Å². The minimum absolute atomic E-state index is 0.242. The van der Waals surface area contributed by atoms with Crippen molar-refractivity contribution in [2.24, 2.45) is 0 Å². The molecular weight excluding hydrogens is 271 g/mol. The molecule has 1 atom stereocenters. The summed E-state index contributed by atoms with van der Waals surface area (Å²) in [7, 11) is 0. The third-order valence-corrected chi connectivity index (χ3v) is 3.67. The van der Waals surface area contributed by atoms with Crippen molar-refractivity contribution in [1.29, 1.82) is 0 Å². The van der Waals surface area contributed by atoms with E-state index in [2.05, 4.69) is 4.98 Å². The van der Waals surface area contributed by atoms with Crippen LogP contribution in [0.5, 0.6) is 0 Å². The Morgan fingerprint density at radius 1 is 1.40 bits per heavy atom. The van der Waals surface area contributed by atoms with Gasteiger partial charge in [-0.3, -0.25) is 0 Å². The molecule has 3 rings (SSSR count). The van der Waals surface area contributed by atoms with Crippen molar-refractivity contribution in [3.63, 3.8) is 0 Å². The van der Waals surface area contributed by atoms with Gasteiger partial charge in [0, 0.05) is 12.3 Å². The second-order valence-electron chi connectivity index (χ2n) is 5.32. The van der Waals surface area contributed by atoms with Crippen molar-refractivity contribution in [2.45, 2.75) is 25.1 Å². The lowest BCUT2D eigenvalue weighted by Crippen LogP contribution is -2.34. The molecule has 2 aromatic rings. The van der Waals surface area contributed by atoms with Gasteiger partial charge in [0.05, 0.1) is 23.2 Å². The molecule has 1 aliphatic rings. The molecule has 0 aliphatic carbocycles. The summed E-state index contributed by atoms with van der Waals surface area (Å²) in [5.74, 6) is -0.897. The number of nitrogens with zero attached hydrogens (tertiary/aromatic N) is 2. The van der Waals surface area contributed by atoms with E-state index in [4.69, 9.17) is 10.5 Å². The lowest BCUT2D eigenvalue weighted by molar-refractivity contribution is -0.148. The van der Waals surface area contributed by atoms with E-state index in [1.165, 1.54) is 10.6 Å². The number of aromatic nitrogens is 2. The monoisotopic (exact) mass is 285 g/mol. The molecule has 1 aliphatic heterocycles. The summed E-state index contributed by atoms with van der Waals surface area (Å²) >= 11 is 0. The molecule has 20 heavy (non-hydrogen) atoms. The van der Waals surface area contributed by atoms with Gasteiger partial charge in [0.2, 0.25) is 5.82 Å². The summed E-state index contributed by atoms with van der Waals surface area (Å²) < 4.78 is 46.3. The van der Waals surface area contributed by atoms with E-state index >= 15 is 0 Å². The maximum atomic E-state index is 13.3. The summed E-state index contributed by atoms with van der Waals surface area (Å²) in [4.78, 5) is 3.74. The Morgan fingerprint density at radius 3 is 2.75 bits per heavy atom. The molecule has 1 unspecified atom stereocenters. The fourth-order valence-corrected chi connectivity index (χ4v) is 2.67. The number of imidazole rings is 1. The van der Waals surface area contributed by atoms with Crippen LogP contribution in [0.3, 0.4) is 0 Å². The van der Waals surface area contributed by atoms with Crippen LogP contribution in [0.25, 0.3) is 11.0 Å². The first-order valence-electron chi connectivity index (χ1n) is 6.25. The molecule has 1 fully saturated rings. The van der Waals surface area contributed by atoms with Gasteiger partial charge in [-0.25, -0.2) is 4.98 Å².